The van der Waals surface area contributed by atoms with Gasteiger partial charge in [-0.05, 0) is 37.5 Å². The third-order valence-electron chi connectivity index (χ3n) is 4.25. The van der Waals surface area contributed by atoms with Gasteiger partial charge in [-0.1, -0.05) is 15.9 Å². The molecule has 22 heavy (non-hydrogen) atoms. The van der Waals surface area contributed by atoms with Crippen molar-refractivity contribution in [3.05, 3.63) is 42.9 Å². The smallest absolute Gasteiger partial charge is 0.317 e. The van der Waals surface area contributed by atoms with Gasteiger partial charge in [0.05, 0.1) is 30.1 Å². The van der Waals surface area contributed by atoms with Crippen LogP contribution in [0.25, 0.3) is 11.0 Å². The summed E-state index contributed by atoms with van der Waals surface area (Å²) in [6.07, 6.45) is 1.36. The molecule has 0 radical (unpaired) electrons. The minimum Gasteiger partial charge on any atom is -0.469 e. The van der Waals surface area contributed by atoms with E-state index in [1.54, 1.807) is 6.07 Å². The van der Waals surface area contributed by atoms with Gasteiger partial charge in [0.25, 0.3) is 0 Å². The lowest BCUT2D eigenvalue weighted by Gasteiger charge is -2.36. The molecule has 1 N–H and O–H groups in total. The molecule has 1 aromatic carbocycles. The number of carbonyl (C=O) groups is 1. The van der Waals surface area contributed by atoms with Crippen molar-refractivity contribution in [2.45, 2.75) is 31.7 Å². The van der Waals surface area contributed by atoms with Gasteiger partial charge in [-0.2, -0.15) is 0 Å². The number of esters is 1. The van der Waals surface area contributed by atoms with E-state index in [1.165, 1.54) is 11.7 Å². The quantitative estimate of drug-likeness (QED) is 0.647. The van der Waals surface area contributed by atoms with Crippen LogP contribution in [-0.4, -0.2) is 22.6 Å². The predicted molar refractivity (Wildman–Crippen MR) is 85.1 cm³/mol. The van der Waals surface area contributed by atoms with Crippen LogP contribution in [0.2, 0.25) is 0 Å². The van der Waals surface area contributed by atoms with Crippen LogP contribution in [0.4, 0.5) is 0 Å². The number of aryl methyl sites for hydroxylation is 1. The van der Waals surface area contributed by atoms with Gasteiger partial charge in [0.2, 0.25) is 0 Å². The molecule has 1 atom stereocenters. The number of halogens is 1. The number of nitrogens with one attached hydrogen (secondary N) is 1. The van der Waals surface area contributed by atoms with Gasteiger partial charge >= 0.3 is 17.1 Å². The molecule has 1 aliphatic rings. The zero-order valence-corrected chi connectivity index (χ0v) is 13.8. The van der Waals surface area contributed by atoms with Gasteiger partial charge in [0, 0.05) is 4.47 Å². The van der Waals surface area contributed by atoms with Gasteiger partial charge in [-0.3, -0.25) is 19.0 Å². The molecular formula is C15H15BrN2O4. The lowest BCUT2D eigenvalue weighted by atomic mass is 9.85. The van der Waals surface area contributed by atoms with Crippen molar-refractivity contribution in [1.29, 1.82) is 0 Å². The summed E-state index contributed by atoms with van der Waals surface area (Å²) in [5, 5.41) is 0. The Kier molecular flexibility index (Phi) is 3.47. The lowest BCUT2D eigenvalue weighted by Crippen LogP contribution is -2.49. The molecule has 7 heteroatoms. The van der Waals surface area contributed by atoms with Crippen LogP contribution in [0.3, 0.4) is 0 Å². The molecule has 116 valence electrons. The Labute approximate surface area is 134 Å². The van der Waals surface area contributed by atoms with Crippen molar-refractivity contribution in [3.63, 3.8) is 0 Å². The average Bonchev–Trinajstić information content (AvgIpc) is 2.45. The molecule has 0 saturated heterocycles. The first-order valence-electron chi connectivity index (χ1n) is 6.90. The van der Waals surface area contributed by atoms with Crippen LogP contribution < -0.4 is 11.1 Å². The minimum atomic E-state index is -0.766. The van der Waals surface area contributed by atoms with Gasteiger partial charge in [-0.15, -0.1) is 0 Å². The van der Waals surface area contributed by atoms with Crippen molar-refractivity contribution < 1.29 is 9.53 Å². The van der Waals surface area contributed by atoms with E-state index in [2.05, 4.69) is 20.9 Å². The highest BCUT2D eigenvalue weighted by molar-refractivity contribution is 9.10. The first kappa shape index (κ1) is 15.0. The van der Waals surface area contributed by atoms with Crippen molar-refractivity contribution >= 4 is 32.9 Å². The van der Waals surface area contributed by atoms with Crippen LogP contribution in [-0.2, 0) is 21.5 Å². The summed E-state index contributed by atoms with van der Waals surface area (Å²) in [7, 11) is 1.32. The van der Waals surface area contributed by atoms with E-state index < -0.39 is 22.6 Å². The number of nitrogens with zero attached hydrogens (tertiary/aromatic N) is 1. The summed E-state index contributed by atoms with van der Waals surface area (Å²) in [6, 6.07) is 3.70. The van der Waals surface area contributed by atoms with Crippen LogP contribution >= 0.6 is 15.9 Å². The minimum absolute atomic E-state index is 0.0530. The second kappa shape index (κ2) is 5.08. The summed E-state index contributed by atoms with van der Waals surface area (Å²) in [5.74, 6) is -0.400. The molecular weight excluding hydrogens is 352 g/mol. The Morgan fingerprint density at radius 1 is 1.45 bits per heavy atom. The first-order chi connectivity index (χ1) is 10.4. The third kappa shape index (κ3) is 2.20. The topological polar surface area (TPSA) is 81.2 Å². The van der Waals surface area contributed by atoms with E-state index in [-0.39, 0.29) is 6.42 Å². The summed E-state index contributed by atoms with van der Waals surface area (Å²) >= 11 is 3.41. The van der Waals surface area contributed by atoms with E-state index in [4.69, 9.17) is 4.74 Å². The fraction of sp³-hybridized carbons (Fsp3) is 0.400. The molecule has 1 unspecified atom stereocenters. The number of aromatic amines is 1. The highest BCUT2D eigenvalue weighted by atomic mass is 79.9. The molecule has 0 saturated carbocycles. The monoisotopic (exact) mass is 366 g/mol. The molecule has 0 aliphatic carbocycles. The van der Waals surface area contributed by atoms with Crippen LogP contribution in [0.15, 0.2) is 26.2 Å². The highest BCUT2D eigenvalue weighted by Crippen LogP contribution is 2.36. The number of rotatable bonds is 2. The Hall–Kier alpha value is -1.89. The van der Waals surface area contributed by atoms with E-state index in [1.807, 2.05) is 13.0 Å². The molecule has 0 bridgehead atoms. The molecule has 0 spiro atoms. The molecule has 3 rings (SSSR count). The maximum absolute atomic E-state index is 12.4. The number of benzene rings is 1. The van der Waals surface area contributed by atoms with E-state index >= 15 is 0 Å². The zero-order valence-electron chi connectivity index (χ0n) is 12.2. The number of aromatic nitrogens is 2. The zero-order chi connectivity index (χ0) is 16.1. The SMILES string of the molecule is COC(=O)CC1(C)CCc2cc(Br)cc3[nH]c(=O)c(=O)n1c23. The maximum Gasteiger partial charge on any atom is 0.317 e. The van der Waals surface area contributed by atoms with Gasteiger partial charge < -0.3 is 9.72 Å². The Morgan fingerprint density at radius 2 is 2.18 bits per heavy atom. The molecule has 1 aromatic heterocycles. The molecule has 2 heterocycles. The van der Waals surface area contributed by atoms with Crippen LogP contribution in [0, 0.1) is 0 Å². The van der Waals surface area contributed by atoms with Crippen molar-refractivity contribution in [2.24, 2.45) is 0 Å². The maximum atomic E-state index is 12.4. The number of H-pyrrole nitrogens is 1. The van der Waals surface area contributed by atoms with Crippen molar-refractivity contribution in [3.8, 4) is 0 Å². The molecule has 1 aliphatic heterocycles. The second-order valence-electron chi connectivity index (χ2n) is 5.81. The molecule has 0 amide bonds. The summed E-state index contributed by atoms with van der Waals surface area (Å²) in [5.41, 5.74) is 0.157. The summed E-state index contributed by atoms with van der Waals surface area (Å²) in [6.45, 7) is 1.81. The Bertz CT molecular complexity index is 899. The lowest BCUT2D eigenvalue weighted by molar-refractivity contribution is -0.143. The fourth-order valence-corrected chi connectivity index (χ4v) is 3.67. The van der Waals surface area contributed by atoms with Gasteiger partial charge in [0.15, 0.2) is 0 Å². The fourth-order valence-electron chi connectivity index (χ4n) is 3.17. The van der Waals surface area contributed by atoms with E-state index in [0.29, 0.717) is 17.5 Å². The highest BCUT2D eigenvalue weighted by Gasteiger charge is 2.36. The molecule has 2 aromatic rings. The van der Waals surface area contributed by atoms with E-state index in [0.717, 1.165) is 16.5 Å². The number of hydrogen-bond acceptors (Lipinski definition) is 4. The van der Waals surface area contributed by atoms with Crippen molar-refractivity contribution in [1.82, 2.24) is 9.55 Å². The van der Waals surface area contributed by atoms with Crippen molar-refractivity contribution in [2.75, 3.05) is 7.11 Å². The van der Waals surface area contributed by atoms with Crippen LogP contribution in [0.5, 0.6) is 0 Å². The molecule has 0 fully saturated rings. The molecule has 6 nitrogen and oxygen atoms in total. The van der Waals surface area contributed by atoms with Gasteiger partial charge in [0.1, 0.15) is 0 Å². The normalized spacial score (nSPS) is 20.1. The number of methoxy groups -OCH3 is 1. The van der Waals surface area contributed by atoms with Crippen LogP contribution in [0.1, 0.15) is 25.3 Å². The Morgan fingerprint density at radius 3 is 2.86 bits per heavy atom. The number of ether oxygens (including phenoxy) is 1. The second-order valence-corrected chi connectivity index (χ2v) is 6.72. The third-order valence-corrected chi connectivity index (χ3v) is 4.71. The number of hydrogen-bond donors (Lipinski definition) is 1. The number of carbonyl (C=O) groups excluding carboxylic acids is 1. The van der Waals surface area contributed by atoms with E-state index in [9.17, 15) is 14.4 Å². The summed E-state index contributed by atoms with van der Waals surface area (Å²) < 4.78 is 7.05. The standard InChI is InChI=1S/C15H15BrN2O4/c1-15(7-11(19)22-2)4-3-8-5-9(16)6-10-12(8)18(15)14(21)13(20)17-10/h5-6H,3-4,7H2,1-2H3,(H,17,20). The summed E-state index contributed by atoms with van der Waals surface area (Å²) in [4.78, 5) is 38.8. The predicted octanol–water partition coefficient (Wildman–Crippen LogP) is 1.68. The largest absolute Gasteiger partial charge is 0.469 e. The average molecular weight is 367 g/mol. The first-order valence-corrected chi connectivity index (χ1v) is 7.70. The van der Waals surface area contributed by atoms with Gasteiger partial charge in [-0.25, -0.2) is 0 Å². The Balaban J connectivity index is 2.38.